The normalized spacial score (nSPS) is 15.2. The van der Waals surface area contributed by atoms with Crippen LogP contribution in [-0.2, 0) is 13.0 Å². The Morgan fingerprint density at radius 3 is 2.62 bits per heavy atom. The second-order valence-electron chi connectivity index (χ2n) is 6.66. The lowest BCUT2D eigenvalue weighted by Crippen LogP contribution is -2.30. The van der Waals surface area contributed by atoms with Crippen molar-refractivity contribution in [3.63, 3.8) is 0 Å². The second kappa shape index (κ2) is 6.29. The molecular formula is C22H24N2. The van der Waals surface area contributed by atoms with Crippen molar-refractivity contribution in [1.82, 2.24) is 9.47 Å². The molecule has 0 amide bonds. The third kappa shape index (κ3) is 2.67. The summed E-state index contributed by atoms with van der Waals surface area (Å²) in [4.78, 5) is 2.53. The highest BCUT2D eigenvalue weighted by Crippen LogP contribution is 2.31. The quantitative estimate of drug-likeness (QED) is 0.663. The van der Waals surface area contributed by atoms with Crippen LogP contribution in [0.15, 0.2) is 48.5 Å². The summed E-state index contributed by atoms with van der Waals surface area (Å²) in [6.45, 7) is 7.72. The van der Waals surface area contributed by atoms with Gasteiger partial charge < -0.3 is 4.57 Å². The van der Waals surface area contributed by atoms with Crippen LogP contribution in [0.2, 0.25) is 0 Å². The molecule has 2 nitrogen and oxygen atoms in total. The molecule has 0 aliphatic carbocycles. The lowest BCUT2D eigenvalue weighted by molar-refractivity contribution is 0.267. The van der Waals surface area contributed by atoms with Crippen molar-refractivity contribution >= 4 is 23.2 Å². The van der Waals surface area contributed by atoms with Crippen molar-refractivity contribution in [3.8, 4) is 0 Å². The van der Waals surface area contributed by atoms with E-state index in [-0.39, 0.29) is 0 Å². The van der Waals surface area contributed by atoms with Gasteiger partial charge in [-0.25, -0.2) is 0 Å². The first-order valence-electron chi connectivity index (χ1n) is 8.84. The highest BCUT2D eigenvalue weighted by molar-refractivity contribution is 5.88. The van der Waals surface area contributed by atoms with Crippen LogP contribution >= 0.6 is 0 Å². The number of benzene rings is 2. The highest BCUT2D eigenvalue weighted by atomic mass is 15.1. The molecule has 1 aliphatic rings. The van der Waals surface area contributed by atoms with Gasteiger partial charge in [-0.1, -0.05) is 55.0 Å². The number of likely N-dealkylation sites (N-methyl/N-ethyl adjacent to an activating group) is 1. The fraction of sp³-hybridized carbons (Fsp3) is 0.273. The van der Waals surface area contributed by atoms with Crippen molar-refractivity contribution in [3.05, 3.63) is 70.9 Å². The Labute approximate surface area is 144 Å². The summed E-state index contributed by atoms with van der Waals surface area (Å²) in [7, 11) is 0. The van der Waals surface area contributed by atoms with Crippen molar-refractivity contribution < 1.29 is 0 Å². The van der Waals surface area contributed by atoms with Gasteiger partial charge in [-0.2, -0.15) is 0 Å². The Hall–Kier alpha value is -2.32. The van der Waals surface area contributed by atoms with Gasteiger partial charge >= 0.3 is 0 Å². The Bertz CT molecular complexity index is 884. The molecule has 2 heterocycles. The summed E-state index contributed by atoms with van der Waals surface area (Å²) in [5.74, 6) is 0. The van der Waals surface area contributed by atoms with Gasteiger partial charge in [-0.3, -0.25) is 4.90 Å². The largest absolute Gasteiger partial charge is 0.320 e. The standard InChI is InChI=1S/C22H24N2/c1-3-23-14-13-22-20(16-23)19-6-4-5-7-21(19)24(22)15-12-18-10-8-17(2)9-11-18/h4-12,15H,3,13-14,16H2,1-2H3/b15-12+. The van der Waals surface area contributed by atoms with Gasteiger partial charge in [-0.15, -0.1) is 0 Å². The lowest BCUT2D eigenvalue weighted by atomic mass is 10.0. The van der Waals surface area contributed by atoms with Gasteiger partial charge in [0.15, 0.2) is 0 Å². The van der Waals surface area contributed by atoms with E-state index in [2.05, 4.69) is 84.1 Å². The van der Waals surface area contributed by atoms with E-state index in [0.29, 0.717) is 0 Å². The van der Waals surface area contributed by atoms with E-state index in [0.717, 1.165) is 26.1 Å². The summed E-state index contributed by atoms with van der Waals surface area (Å²) in [6.07, 6.45) is 5.59. The fourth-order valence-electron chi connectivity index (χ4n) is 3.68. The predicted octanol–water partition coefficient (Wildman–Crippen LogP) is 4.96. The molecule has 0 saturated carbocycles. The van der Waals surface area contributed by atoms with Crippen LogP contribution in [0.3, 0.4) is 0 Å². The van der Waals surface area contributed by atoms with Crippen LogP contribution in [0.25, 0.3) is 23.2 Å². The number of hydrogen-bond donors (Lipinski definition) is 0. The zero-order chi connectivity index (χ0) is 16.5. The number of para-hydroxylation sites is 1. The average molecular weight is 316 g/mol. The van der Waals surface area contributed by atoms with E-state index in [9.17, 15) is 0 Å². The summed E-state index contributed by atoms with van der Waals surface area (Å²) >= 11 is 0. The molecule has 0 saturated heterocycles. The Morgan fingerprint density at radius 1 is 1.04 bits per heavy atom. The molecule has 0 bridgehead atoms. The zero-order valence-electron chi connectivity index (χ0n) is 14.5. The molecule has 24 heavy (non-hydrogen) atoms. The number of aryl methyl sites for hydroxylation is 1. The van der Waals surface area contributed by atoms with Gasteiger partial charge in [0.25, 0.3) is 0 Å². The molecule has 0 unspecified atom stereocenters. The first-order valence-corrected chi connectivity index (χ1v) is 8.84. The molecule has 1 aromatic heterocycles. The smallest absolute Gasteiger partial charge is 0.0528 e. The predicted molar refractivity (Wildman–Crippen MR) is 103 cm³/mol. The molecule has 0 spiro atoms. The maximum Gasteiger partial charge on any atom is 0.0528 e. The van der Waals surface area contributed by atoms with Crippen molar-refractivity contribution in [1.29, 1.82) is 0 Å². The molecule has 3 aromatic rings. The Morgan fingerprint density at radius 2 is 1.83 bits per heavy atom. The van der Waals surface area contributed by atoms with Gasteiger partial charge in [-0.05, 0) is 36.7 Å². The van der Waals surface area contributed by atoms with Crippen LogP contribution in [0.4, 0.5) is 0 Å². The van der Waals surface area contributed by atoms with Crippen molar-refractivity contribution in [2.75, 3.05) is 13.1 Å². The topological polar surface area (TPSA) is 8.17 Å². The van der Waals surface area contributed by atoms with Crippen LogP contribution in [-0.4, -0.2) is 22.6 Å². The number of nitrogens with zero attached hydrogens (tertiary/aromatic N) is 2. The van der Waals surface area contributed by atoms with Gasteiger partial charge in [0.05, 0.1) is 5.52 Å². The first-order chi connectivity index (χ1) is 11.8. The van der Waals surface area contributed by atoms with Crippen LogP contribution in [0.5, 0.6) is 0 Å². The van der Waals surface area contributed by atoms with E-state index < -0.39 is 0 Å². The number of hydrogen-bond acceptors (Lipinski definition) is 1. The van der Waals surface area contributed by atoms with Crippen molar-refractivity contribution in [2.24, 2.45) is 0 Å². The monoisotopic (exact) mass is 316 g/mol. The van der Waals surface area contributed by atoms with E-state index >= 15 is 0 Å². The average Bonchev–Trinajstić information content (AvgIpc) is 2.94. The molecule has 4 rings (SSSR count). The number of aromatic nitrogens is 1. The van der Waals surface area contributed by atoms with Crippen molar-refractivity contribution in [2.45, 2.75) is 26.8 Å². The summed E-state index contributed by atoms with van der Waals surface area (Å²) in [5, 5.41) is 1.40. The minimum Gasteiger partial charge on any atom is -0.320 e. The Balaban J connectivity index is 1.79. The first kappa shape index (κ1) is 15.2. The number of rotatable bonds is 3. The molecule has 2 aromatic carbocycles. The molecule has 0 atom stereocenters. The van der Waals surface area contributed by atoms with Gasteiger partial charge in [0.1, 0.15) is 0 Å². The lowest BCUT2D eigenvalue weighted by Gasteiger charge is -2.26. The Kier molecular flexibility index (Phi) is 3.99. The van der Waals surface area contributed by atoms with E-state index in [1.165, 1.54) is 33.3 Å². The zero-order valence-corrected chi connectivity index (χ0v) is 14.5. The van der Waals surface area contributed by atoms with E-state index in [1.807, 2.05) is 0 Å². The molecular weight excluding hydrogens is 292 g/mol. The maximum atomic E-state index is 2.53. The minimum atomic E-state index is 1.07. The van der Waals surface area contributed by atoms with Crippen LogP contribution < -0.4 is 0 Å². The SMILES string of the molecule is CCN1CCc2c(c3ccccc3n2/C=C/c2ccc(C)cc2)C1. The molecule has 1 aliphatic heterocycles. The van der Waals surface area contributed by atoms with Gasteiger partial charge in [0.2, 0.25) is 0 Å². The summed E-state index contributed by atoms with van der Waals surface area (Å²) in [6, 6.07) is 17.5. The van der Waals surface area contributed by atoms with Gasteiger partial charge in [0, 0.05) is 36.8 Å². The second-order valence-corrected chi connectivity index (χ2v) is 6.66. The van der Waals surface area contributed by atoms with Crippen LogP contribution in [0, 0.1) is 6.92 Å². The summed E-state index contributed by atoms with van der Waals surface area (Å²) in [5.41, 5.74) is 6.86. The summed E-state index contributed by atoms with van der Waals surface area (Å²) < 4.78 is 2.40. The molecule has 122 valence electrons. The molecule has 2 heteroatoms. The number of fused-ring (bicyclic) bond motifs is 3. The maximum absolute atomic E-state index is 2.53. The third-order valence-corrected chi connectivity index (χ3v) is 5.12. The van der Waals surface area contributed by atoms with Crippen LogP contribution in [0.1, 0.15) is 29.3 Å². The highest BCUT2D eigenvalue weighted by Gasteiger charge is 2.22. The minimum absolute atomic E-state index is 1.07. The molecule has 0 fully saturated rings. The third-order valence-electron chi connectivity index (χ3n) is 5.12. The molecule has 0 N–H and O–H groups in total. The fourth-order valence-corrected chi connectivity index (χ4v) is 3.68. The molecule has 0 radical (unpaired) electrons. The van der Waals surface area contributed by atoms with E-state index in [1.54, 1.807) is 0 Å². The van der Waals surface area contributed by atoms with E-state index in [4.69, 9.17) is 0 Å².